The minimum atomic E-state index is -0.198. The van der Waals surface area contributed by atoms with E-state index in [0.29, 0.717) is 12.4 Å². The number of aromatic nitrogens is 2. The summed E-state index contributed by atoms with van der Waals surface area (Å²) in [5.74, 6) is 0.00944. The molecule has 6 heteroatoms. The molecule has 1 atom stereocenters. The van der Waals surface area contributed by atoms with Crippen molar-refractivity contribution in [3.63, 3.8) is 0 Å². The number of rotatable bonds is 3. The van der Waals surface area contributed by atoms with Gasteiger partial charge in [-0.25, -0.2) is 4.98 Å². The molecule has 0 radical (unpaired) electrons. The largest absolute Gasteiger partial charge is 0.316 e. The number of nitriles is 1. The molecule has 110 valence electrons. The molecule has 1 fully saturated rings. The molecular formula is C16H15N5O. The number of nitrogens with zero attached hydrogens (tertiary/aromatic N) is 4. The maximum atomic E-state index is 12.3. The fourth-order valence-electron chi connectivity index (χ4n) is 2.49. The third kappa shape index (κ3) is 2.80. The molecule has 1 aliphatic heterocycles. The number of hydrogen-bond donors (Lipinski definition) is 1. The number of nitrogens with one attached hydrogen (secondary N) is 1. The molecule has 1 aliphatic rings. The SMILES string of the molecule is N#CN(C(=O)C1CCNC1)c1ccc(-c2ccncc2)cn1. The van der Waals surface area contributed by atoms with E-state index in [1.165, 1.54) is 0 Å². The van der Waals surface area contributed by atoms with Gasteiger partial charge in [-0.15, -0.1) is 0 Å². The second-order valence-electron chi connectivity index (χ2n) is 5.10. The lowest BCUT2D eigenvalue weighted by Gasteiger charge is -2.16. The number of carbonyl (C=O) groups is 1. The summed E-state index contributed by atoms with van der Waals surface area (Å²) >= 11 is 0. The van der Waals surface area contributed by atoms with Crippen LogP contribution in [0.4, 0.5) is 5.82 Å². The molecule has 1 amide bonds. The molecule has 1 unspecified atom stereocenters. The first-order valence-electron chi connectivity index (χ1n) is 7.10. The monoisotopic (exact) mass is 293 g/mol. The van der Waals surface area contributed by atoms with Crippen molar-refractivity contribution in [3.8, 4) is 17.3 Å². The highest BCUT2D eigenvalue weighted by atomic mass is 16.2. The summed E-state index contributed by atoms with van der Waals surface area (Å²) in [6.45, 7) is 1.43. The first kappa shape index (κ1) is 14.2. The number of carbonyl (C=O) groups excluding carboxylic acids is 1. The van der Waals surface area contributed by atoms with Gasteiger partial charge in [0.25, 0.3) is 0 Å². The van der Waals surface area contributed by atoms with Crippen LogP contribution in [0.3, 0.4) is 0 Å². The van der Waals surface area contributed by atoms with E-state index >= 15 is 0 Å². The second kappa shape index (κ2) is 6.33. The zero-order valence-electron chi connectivity index (χ0n) is 11.9. The Morgan fingerprint density at radius 2 is 2.09 bits per heavy atom. The minimum Gasteiger partial charge on any atom is -0.316 e. The molecule has 1 saturated heterocycles. The van der Waals surface area contributed by atoms with Crippen molar-refractivity contribution in [2.24, 2.45) is 5.92 Å². The smallest absolute Gasteiger partial charge is 0.246 e. The molecule has 3 heterocycles. The first-order chi connectivity index (χ1) is 10.8. The molecule has 6 nitrogen and oxygen atoms in total. The van der Waals surface area contributed by atoms with Gasteiger partial charge in [-0.1, -0.05) is 0 Å². The Morgan fingerprint density at radius 1 is 1.27 bits per heavy atom. The highest BCUT2D eigenvalue weighted by molar-refractivity contribution is 5.97. The summed E-state index contributed by atoms with van der Waals surface area (Å²) in [5, 5.41) is 12.4. The van der Waals surface area contributed by atoms with Crippen molar-refractivity contribution in [2.45, 2.75) is 6.42 Å². The molecule has 2 aromatic heterocycles. The summed E-state index contributed by atoms with van der Waals surface area (Å²) < 4.78 is 0. The molecule has 0 aliphatic carbocycles. The van der Waals surface area contributed by atoms with E-state index in [4.69, 9.17) is 0 Å². The van der Waals surface area contributed by atoms with E-state index in [1.54, 1.807) is 24.7 Å². The predicted octanol–water partition coefficient (Wildman–Crippen LogP) is 1.57. The minimum absolute atomic E-state index is 0.152. The van der Waals surface area contributed by atoms with E-state index < -0.39 is 0 Å². The van der Waals surface area contributed by atoms with Crippen LogP contribution >= 0.6 is 0 Å². The zero-order chi connectivity index (χ0) is 15.4. The highest BCUT2D eigenvalue weighted by Crippen LogP contribution is 2.22. The van der Waals surface area contributed by atoms with Crippen molar-refractivity contribution in [3.05, 3.63) is 42.9 Å². The average Bonchev–Trinajstić information content (AvgIpc) is 3.11. The topological polar surface area (TPSA) is 81.9 Å². The van der Waals surface area contributed by atoms with Crippen LogP contribution in [0, 0.1) is 17.4 Å². The molecule has 2 aromatic rings. The standard InChI is InChI=1S/C16H15N5O/c17-11-21(16(22)14-5-8-19-9-14)15-2-1-13(10-20-15)12-3-6-18-7-4-12/h1-4,6-7,10,14,19H,5,8-9H2. The average molecular weight is 293 g/mol. The van der Waals surface area contributed by atoms with Gasteiger partial charge in [-0.2, -0.15) is 10.2 Å². The number of amides is 1. The van der Waals surface area contributed by atoms with Gasteiger partial charge < -0.3 is 5.32 Å². The van der Waals surface area contributed by atoms with Gasteiger partial charge in [0.05, 0.1) is 5.92 Å². The van der Waals surface area contributed by atoms with E-state index in [9.17, 15) is 10.1 Å². The van der Waals surface area contributed by atoms with Crippen molar-refractivity contribution >= 4 is 11.7 Å². The van der Waals surface area contributed by atoms with Gasteiger partial charge in [-0.3, -0.25) is 9.78 Å². The van der Waals surface area contributed by atoms with Crippen LogP contribution < -0.4 is 10.2 Å². The molecule has 0 aromatic carbocycles. The van der Waals surface area contributed by atoms with Crippen LogP contribution in [-0.4, -0.2) is 29.0 Å². The second-order valence-corrected chi connectivity index (χ2v) is 5.10. The van der Waals surface area contributed by atoms with Crippen molar-refractivity contribution < 1.29 is 4.79 Å². The summed E-state index contributed by atoms with van der Waals surface area (Å²) in [5.41, 5.74) is 1.91. The van der Waals surface area contributed by atoms with Crippen LogP contribution in [0.15, 0.2) is 42.9 Å². The maximum absolute atomic E-state index is 12.3. The fourth-order valence-corrected chi connectivity index (χ4v) is 2.49. The Hall–Kier alpha value is -2.78. The Balaban J connectivity index is 1.82. The number of anilines is 1. The lowest BCUT2D eigenvalue weighted by Crippen LogP contribution is -2.34. The van der Waals surface area contributed by atoms with Crippen LogP contribution in [0.2, 0.25) is 0 Å². The van der Waals surface area contributed by atoms with Crippen LogP contribution in [-0.2, 0) is 4.79 Å². The van der Waals surface area contributed by atoms with Gasteiger partial charge in [0.2, 0.25) is 5.91 Å². The summed E-state index contributed by atoms with van der Waals surface area (Å²) in [7, 11) is 0. The van der Waals surface area contributed by atoms with Crippen LogP contribution in [0.5, 0.6) is 0 Å². The summed E-state index contributed by atoms with van der Waals surface area (Å²) in [6, 6.07) is 7.31. The van der Waals surface area contributed by atoms with Gasteiger partial charge in [-0.05, 0) is 42.8 Å². The lowest BCUT2D eigenvalue weighted by atomic mass is 10.1. The van der Waals surface area contributed by atoms with Gasteiger partial charge in [0.1, 0.15) is 5.82 Å². The maximum Gasteiger partial charge on any atom is 0.246 e. The number of pyridine rings is 2. The van der Waals surface area contributed by atoms with Crippen LogP contribution in [0.25, 0.3) is 11.1 Å². The van der Waals surface area contributed by atoms with Crippen molar-refractivity contribution in [1.82, 2.24) is 15.3 Å². The Morgan fingerprint density at radius 3 is 2.68 bits per heavy atom. The Bertz CT molecular complexity index is 687. The quantitative estimate of drug-likeness (QED) is 0.686. The fraction of sp³-hybridized carbons (Fsp3) is 0.250. The molecule has 0 spiro atoms. The molecule has 22 heavy (non-hydrogen) atoms. The van der Waals surface area contributed by atoms with E-state index in [0.717, 1.165) is 29.0 Å². The lowest BCUT2D eigenvalue weighted by molar-refractivity contribution is -0.121. The molecule has 0 bridgehead atoms. The van der Waals surface area contributed by atoms with Gasteiger partial charge in [0.15, 0.2) is 6.19 Å². The van der Waals surface area contributed by atoms with Gasteiger partial charge >= 0.3 is 0 Å². The summed E-state index contributed by atoms with van der Waals surface area (Å²) in [6.07, 6.45) is 7.78. The molecular weight excluding hydrogens is 278 g/mol. The Kier molecular flexibility index (Phi) is 4.08. The van der Waals surface area contributed by atoms with Crippen LogP contribution in [0.1, 0.15) is 6.42 Å². The Labute approximate surface area is 128 Å². The highest BCUT2D eigenvalue weighted by Gasteiger charge is 2.28. The third-order valence-corrected chi connectivity index (χ3v) is 3.72. The molecule has 1 N–H and O–H groups in total. The zero-order valence-corrected chi connectivity index (χ0v) is 11.9. The first-order valence-corrected chi connectivity index (χ1v) is 7.10. The predicted molar refractivity (Wildman–Crippen MR) is 81.5 cm³/mol. The molecule has 3 rings (SSSR count). The van der Waals surface area contributed by atoms with E-state index in [1.807, 2.05) is 24.4 Å². The van der Waals surface area contributed by atoms with Crippen molar-refractivity contribution in [2.75, 3.05) is 18.0 Å². The normalized spacial score (nSPS) is 17.0. The molecule has 0 saturated carbocycles. The van der Waals surface area contributed by atoms with Crippen molar-refractivity contribution in [1.29, 1.82) is 5.26 Å². The third-order valence-electron chi connectivity index (χ3n) is 3.72. The number of hydrogen-bond acceptors (Lipinski definition) is 5. The van der Waals surface area contributed by atoms with E-state index in [2.05, 4.69) is 15.3 Å². The van der Waals surface area contributed by atoms with E-state index in [-0.39, 0.29) is 11.8 Å². The van der Waals surface area contributed by atoms with Gasteiger partial charge in [0, 0.05) is 30.7 Å². The summed E-state index contributed by atoms with van der Waals surface area (Å²) in [4.78, 5) is 21.7.